The van der Waals surface area contributed by atoms with E-state index < -0.39 is 5.91 Å². The van der Waals surface area contributed by atoms with E-state index in [1.807, 2.05) is 0 Å². The summed E-state index contributed by atoms with van der Waals surface area (Å²) in [6.07, 6.45) is 2.75. The van der Waals surface area contributed by atoms with Gasteiger partial charge in [-0.15, -0.1) is 0 Å². The number of carbonyl (C=O) groups excluding carboxylic acids is 1. The molecule has 0 fully saturated rings. The molecule has 1 aromatic carbocycles. The monoisotopic (exact) mass is 350 g/mol. The van der Waals surface area contributed by atoms with Gasteiger partial charge in [0.1, 0.15) is 17.1 Å². The average molecular weight is 351 g/mol. The van der Waals surface area contributed by atoms with Crippen LogP contribution >= 0.6 is 15.9 Å². The summed E-state index contributed by atoms with van der Waals surface area (Å²) in [4.78, 5) is 16.0. The first-order chi connectivity index (χ1) is 10.0. The molecule has 6 heteroatoms. The summed E-state index contributed by atoms with van der Waals surface area (Å²) in [5.41, 5.74) is 7.60. The van der Waals surface area contributed by atoms with Crippen LogP contribution in [0.1, 0.15) is 28.0 Å². The highest BCUT2D eigenvalue weighted by molar-refractivity contribution is 9.10. The lowest BCUT2D eigenvalue weighted by Crippen LogP contribution is -2.14. The van der Waals surface area contributed by atoms with E-state index >= 15 is 0 Å². The number of nitrogens with two attached hydrogens (primary N) is 1. The smallest absolute Gasteiger partial charge is 0.254 e. The normalized spacial score (nSPS) is 13.0. The summed E-state index contributed by atoms with van der Waals surface area (Å²) in [5.74, 6) is -0.434. The van der Waals surface area contributed by atoms with Crippen LogP contribution in [0, 0.1) is 5.82 Å². The maximum absolute atomic E-state index is 13.1. The van der Waals surface area contributed by atoms with Crippen molar-refractivity contribution in [3.05, 3.63) is 51.4 Å². The van der Waals surface area contributed by atoms with Crippen LogP contribution in [0.2, 0.25) is 0 Å². The molecule has 0 unspecified atom stereocenters. The predicted molar refractivity (Wildman–Crippen MR) is 79.0 cm³/mol. The minimum absolute atomic E-state index is 0.162. The first-order valence-electron chi connectivity index (χ1n) is 6.50. The molecule has 0 spiro atoms. The van der Waals surface area contributed by atoms with E-state index in [4.69, 9.17) is 10.5 Å². The number of ether oxygens (including phenoxy) is 1. The summed E-state index contributed by atoms with van der Waals surface area (Å²) in [7, 11) is 0. The number of halogens is 2. The average Bonchev–Trinajstić information content (AvgIpc) is 2.88. The highest BCUT2D eigenvalue weighted by Gasteiger charge is 2.21. The molecule has 0 saturated heterocycles. The molecule has 2 N–H and O–H groups in total. The molecule has 1 aliphatic rings. The van der Waals surface area contributed by atoms with Crippen LogP contribution in [0.4, 0.5) is 4.39 Å². The number of amides is 1. The second kappa shape index (κ2) is 5.44. The Labute approximate surface area is 129 Å². The fourth-order valence-corrected chi connectivity index (χ4v) is 2.80. The maximum Gasteiger partial charge on any atom is 0.254 e. The topological polar surface area (TPSA) is 65.2 Å². The fourth-order valence-electron chi connectivity index (χ4n) is 2.37. The molecule has 0 atom stereocenters. The Hall–Kier alpha value is -1.95. The van der Waals surface area contributed by atoms with Gasteiger partial charge in [-0.05, 0) is 65.0 Å². The van der Waals surface area contributed by atoms with E-state index in [0.717, 1.165) is 30.5 Å². The van der Waals surface area contributed by atoms with Crippen molar-refractivity contribution in [2.24, 2.45) is 5.73 Å². The highest BCUT2D eigenvalue weighted by atomic mass is 79.9. The Morgan fingerprint density at radius 1 is 1.33 bits per heavy atom. The third-order valence-electron chi connectivity index (χ3n) is 3.38. The van der Waals surface area contributed by atoms with E-state index in [-0.39, 0.29) is 17.3 Å². The van der Waals surface area contributed by atoms with Crippen LogP contribution in [-0.2, 0) is 12.8 Å². The number of hydrogen-bond donors (Lipinski definition) is 1. The summed E-state index contributed by atoms with van der Waals surface area (Å²) in [5, 5.41) is 0. The lowest BCUT2D eigenvalue weighted by Gasteiger charge is -2.11. The number of nitrogens with zero attached hydrogens (tertiary/aromatic N) is 1. The molecule has 1 amide bonds. The zero-order valence-corrected chi connectivity index (χ0v) is 12.6. The van der Waals surface area contributed by atoms with Gasteiger partial charge in [-0.2, -0.15) is 0 Å². The molecule has 21 heavy (non-hydrogen) atoms. The molecular weight excluding hydrogens is 339 g/mol. The number of pyridine rings is 1. The summed E-state index contributed by atoms with van der Waals surface area (Å²) < 4.78 is 19.2. The third kappa shape index (κ3) is 2.76. The van der Waals surface area contributed by atoms with Crippen molar-refractivity contribution in [1.29, 1.82) is 0 Å². The Morgan fingerprint density at radius 3 is 2.86 bits per heavy atom. The SMILES string of the molecule is NC(=O)c1cc2c(nc1Oc1ccc(F)cc1Br)CCC2. The number of rotatable bonds is 3. The quantitative estimate of drug-likeness (QED) is 0.922. The van der Waals surface area contributed by atoms with Gasteiger partial charge in [0, 0.05) is 5.69 Å². The summed E-state index contributed by atoms with van der Waals surface area (Å²) >= 11 is 3.22. The van der Waals surface area contributed by atoms with E-state index in [1.54, 1.807) is 6.07 Å². The maximum atomic E-state index is 13.1. The van der Waals surface area contributed by atoms with Crippen LogP contribution in [0.5, 0.6) is 11.6 Å². The number of aryl methyl sites for hydroxylation is 2. The number of hydrogen-bond acceptors (Lipinski definition) is 3. The molecule has 0 saturated carbocycles. The Bertz CT molecular complexity index is 734. The molecule has 0 radical (unpaired) electrons. The number of carbonyl (C=O) groups is 1. The lowest BCUT2D eigenvalue weighted by atomic mass is 10.1. The molecule has 0 bridgehead atoms. The second-order valence-electron chi connectivity index (χ2n) is 4.84. The standard InChI is InChI=1S/C15H12BrFN2O2/c16-11-7-9(17)4-5-13(11)21-15-10(14(18)20)6-8-2-1-3-12(8)19-15/h4-7H,1-3H2,(H2,18,20). The van der Waals surface area contributed by atoms with Gasteiger partial charge in [-0.3, -0.25) is 4.79 Å². The fraction of sp³-hybridized carbons (Fsp3) is 0.200. The van der Waals surface area contributed by atoms with Crippen molar-refractivity contribution < 1.29 is 13.9 Å². The number of primary amides is 1. The Kier molecular flexibility index (Phi) is 3.63. The van der Waals surface area contributed by atoms with E-state index in [0.29, 0.717) is 10.2 Å². The third-order valence-corrected chi connectivity index (χ3v) is 4.00. The first kappa shape index (κ1) is 14.0. The highest BCUT2D eigenvalue weighted by Crippen LogP contribution is 2.33. The molecule has 3 rings (SSSR count). The van der Waals surface area contributed by atoms with Gasteiger partial charge in [0.2, 0.25) is 5.88 Å². The van der Waals surface area contributed by atoms with Gasteiger partial charge >= 0.3 is 0 Å². The Balaban J connectivity index is 2.03. The van der Waals surface area contributed by atoms with Gasteiger partial charge in [0.15, 0.2) is 0 Å². The van der Waals surface area contributed by atoms with Crippen LogP contribution in [-0.4, -0.2) is 10.9 Å². The number of aromatic nitrogens is 1. The van der Waals surface area contributed by atoms with E-state index in [1.165, 1.54) is 18.2 Å². The van der Waals surface area contributed by atoms with Crippen molar-refractivity contribution in [3.8, 4) is 11.6 Å². The van der Waals surface area contributed by atoms with E-state index in [2.05, 4.69) is 20.9 Å². The molecule has 1 aliphatic carbocycles. The second-order valence-corrected chi connectivity index (χ2v) is 5.70. The van der Waals surface area contributed by atoms with Crippen molar-refractivity contribution >= 4 is 21.8 Å². The summed E-state index contributed by atoms with van der Waals surface area (Å²) in [6.45, 7) is 0. The van der Waals surface area contributed by atoms with Crippen LogP contribution in [0.3, 0.4) is 0 Å². The minimum atomic E-state index is -0.592. The van der Waals surface area contributed by atoms with Crippen molar-refractivity contribution in [2.45, 2.75) is 19.3 Å². The molecule has 0 aliphatic heterocycles. The van der Waals surface area contributed by atoms with Gasteiger partial charge in [-0.25, -0.2) is 9.37 Å². The zero-order valence-electron chi connectivity index (χ0n) is 11.0. The minimum Gasteiger partial charge on any atom is -0.437 e. The number of fused-ring (bicyclic) bond motifs is 1. The molecule has 2 aromatic rings. The largest absolute Gasteiger partial charge is 0.437 e. The lowest BCUT2D eigenvalue weighted by molar-refractivity contribution is 0.0997. The van der Waals surface area contributed by atoms with E-state index in [9.17, 15) is 9.18 Å². The Morgan fingerprint density at radius 2 is 2.14 bits per heavy atom. The van der Waals surface area contributed by atoms with Gasteiger partial charge in [0.05, 0.1) is 4.47 Å². The molecule has 4 nitrogen and oxygen atoms in total. The van der Waals surface area contributed by atoms with Crippen LogP contribution in [0.25, 0.3) is 0 Å². The van der Waals surface area contributed by atoms with Crippen LogP contribution in [0.15, 0.2) is 28.7 Å². The summed E-state index contributed by atoms with van der Waals surface area (Å²) in [6, 6.07) is 5.77. The molecule has 1 heterocycles. The van der Waals surface area contributed by atoms with Crippen LogP contribution < -0.4 is 10.5 Å². The van der Waals surface area contributed by atoms with Crippen molar-refractivity contribution in [3.63, 3.8) is 0 Å². The van der Waals surface area contributed by atoms with Gasteiger partial charge in [-0.1, -0.05) is 0 Å². The predicted octanol–water partition coefficient (Wildman–Crippen LogP) is 3.36. The van der Waals surface area contributed by atoms with Crippen molar-refractivity contribution in [1.82, 2.24) is 4.98 Å². The number of benzene rings is 1. The zero-order chi connectivity index (χ0) is 15.0. The molecular formula is C15H12BrFN2O2. The molecule has 108 valence electrons. The first-order valence-corrected chi connectivity index (χ1v) is 7.29. The van der Waals surface area contributed by atoms with Gasteiger partial charge < -0.3 is 10.5 Å². The van der Waals surface area contributed by atoms with Gasteiger partial charge in [0.25, 0.3) is 5.91 Å². The van der Waals surface area contributed by atoms with Crippen molar-refractivity contribution in [2.75, 3.05) is 0 Å². The molecule has 1 aromatic heterocycles.